The lowest BCUT2D eigenvalue weighted by atomic mass is 10.2. The van der Waals surface area contributed by atoms with E-state index in [1.54, 1.807) is 24.3 Å². The molecular formula is C15H18N4O2. The van der Waals surface area contributed by atoms with Crippen LogP contribution < -0.4 is 10.6 Å². The molecule has 0 spiro atoms. The monoisotopic (exact) mass is 286 g/mol. The molecule has 21 heavy (non-hydrogen) atoms. The number of piperazine rings is 1. The highest BCUT2D eigenvalue weighted by Gasteiger charge is 2.25. The van der Waals surface area contributed by atoms with Crippen molar-refractivity contribution in [2.24, 2.45) is 0 Å². The number of benzene rings is 1. The Hall–Kier alpha value is -2.39. The minimum absolute atomic E-state index is 0.00810. The third kappa shape index (κ3) is 4.04. The van der Waals surface area contributed by atoms with Crippen LogP contribution in [0.5, 0.6) is 0 Å². The number of hydrogen-bond donors (Lipinski definition) is 2. The summed E-state index contributed by atoms with van der Waals surface area (Å²) >= 11 is 0. The minimum Gasteiger partial charge on any atom is -0.353 e. The lowest BCUT2D eigenvalue weighted by Gasteiger charge is -2.32. The predicted octanol–water partition coefficient (Wildman–Crippen LogP) is 0.707. The number of nitrogens with zero attached hydrogens (tertiary/aromatic N) is 2. The van der Waals surface area contributed by atoms with E-state index in [0.717, 1.165) is 6.54 Å². The van der Waals surface area contributed by atoms with Crippen molar-refractivity contribution < 1.29 is 9.59 Å². The maximum atomic E-state index is 11.9. The molecule has 1 aliphatic heterocycles. The van der Waals surface area contributed by atoms with Crippen LogP contribution in [0.1, 0.15) is 18.9 Å². The highest BCUT2D eigenvalue weighted by atomic mass is 16.2. The maximum absolute atomic E-state index is 11.9. The van der Waals surface area contributed by atoms with Crippen LogP contribution in [0.3, 0.4) is 0 Å². The summed E-state index contributed by atoms with van der Waals surface area (Å²) in [6.07, 6.45) is 0.331. The molecule has 2 amide bonds. The molecule has 0 saturated carbocycles. The lowest BCUT2D eigenvalue weighted by molar-refractivity contribution is -0.129. The highest BCUT2D eigenvalue weighted by molar-refractivity contribution is 5.91. The van der Waals surface area contributed by atoms with Gasteiger partial charge in [-0.1, -0.05) is 0 Å². The van der Waals surface area contributed by atoms with Gasteiger partial charge in [0.15, 0.2) is 0 Å². The summed E-state index contributed by atoms with van der Waals surface area (Å²) in [5.41, 5.74) is 1.23. The molecule has 1 atom stereocenters. The molecule has 1 aromatic rings. The van der Waals surface area contributed by atoms with E-state index in [0.29, 0.717) is 30.8 Å². The molecule has 1 aliphatic rings. The molecule has 1 fully saturated rings. The van der Waals surface area contributed by atoms with Gasteiger partial charge in [0, 0.05) is 31.7 Å². The molecule has 1 aromatic carbocycles. The van der Waals surface area contributed by atoms with Gasteiger partial charge in [-0.2, -0.15) is 5.26 Å². The van der Waals surface area contributed by atoms with Crippen molar-refractivity contribution in [2.75, 3.05) is 25.0 Å². The average molecular weight is 286 g/mol. The number of anilines is 1. The summed E-state index contributed by atoms with van der Waals surface area (Å²) in [6, 6.07) is 8.56. The van der Waals surface area contributed by atoms with E-state index in [2.05, 4.69) is 10.6 Å². The highest BCUT2D eigenvalue weighted by Crippen LogP contribution is 2.10. The first-order valence-electron chi connectivity index (χ1n) is 6.92. The van der Waals surface area contributed by atoms with Crippen molar-refractivity contribution in [1.29, 1.82) is 5.26 Å². The quantitative estimate of drug-likeness (QED) is 0.853. The van der Waals surface area contributed by atoms with Gasteiger partial charge < -0.3 is 10.6 Å². The molecule has 1 saturated heterocycles. The first kappa shape index (κ1) is 15.0. The number of amides is 2. The van der Waals surface area contributed by atoms with Gasteiger partial charge in [-0.15, -0.1) is 0 Å². The Morgan fingerprint density at radius 1 is 1.48 bits per heavy atom. The zero-order chi connectivity index (χ0) is 15.2. The summed E-state index contributed by atoms with van der Waals surface area (Å²) in [5, 5.41) is 14.3. The molecule has 110 valence electrons. The van der Waals surface area contributed by atoms with Crippen LogP contribution in [0.2, 0.25) is 0 Å². The third-order valence-electron chi connectivity index (χ3n) is 3.55. The molecule has 0 bridgehead atoms. The van der Waals surface area contributed by atoms with Gasteiger partial charge in [0.1, 0.15) is 0 Å². The van der Waals surface area contributed by atoms with Crippen molar-refractivity contribution in [3.63, 3.8) is 0 Å². The van der Waals surface area contributed by atoms with Gasteiger partial charge in [0.25, 0.3) is 0 Å². The number of nitriles is 1. The normalized spacial score (nSPS) is 18.7. The van der Waals surface area contributed by atoms with Crippen LogP contribution in [0.15, 0.2) is 24.3 Å². The van der Waals surface area contributed by atoms with Gasteiger partial charge in [-0.25, -0.2) is 0 Å². The van der Waals surface area contributed by atoms with Gasteiger partial charge in [0.05, 0.1) is 17.7 Å². The van der Waals surface area contributed by atoms with Crippen LogP contribution >= 0.6 is 0 Å². The standard InChI is InChI=1S/C15H18N4O2/c1-11-15(21)17-7-9-19(11)8-6-14(20)18-13-4-2-12(10-16)3-5-13/h2-5,11H,6-9H2,1H3,(H,17,21)(H,18,20). The number of nitrogens with one attached hydrogen (secondary N) is 2. The summed E-state index contributed by atoms with van der Waals surface area (Å²) in [5.74, 6) is -0.0911. The second-order valence-corrected chi connectivity index (χ2v) is 4.99. The molecule has 1 unspecified atom stereocenters. The fourth-order valence-corrected chi connectivity index (χ4v) is 2.23. The summed E-state index contributed by atoms with van der Waals surface area (Å²) in [6.45, 7) is 3.78. The Kier molecular flexibility index (Phi) is 4.90. The molecule has 0 aromatic heterocycles. The largest absolute Gasteiger partial charge is 0.353 e. The molecule has 2 N–H and O–H groups in total. The third-order valence-corrected chi connectivity index (χ3v) is 3.55. The Balaban J connectivity index is 1.81. The number of hydrogen-bond acceptors (Lipinski definition) is 4. The molecule has 0 radical (unpaired) electrons. The van der Waals surface area contributed by atoms with E-state index in [1.165, 1.54) is 0 Å². The van der Waals surface area contributed by atoms with Crippen LogP contribution in [-0.4, -0.2) is 42.4 Å². The number of carbonyl (C=O) groups excluding carboxylic acids is 2. The van der Waals surface area contributed by atoms with E-state index >= 15 is 0 Å². The molecule has 6 nitrogen and oxygen atoms in total. The van der Waals surface area contributed by atoms with E-state index in [4.69, 9.17) is 5.26 Å². The smallest absolute Gasteiger partial charge is 0.237 e. The van der Waals surface area contributed by atoms with Crippen LogP contribution in [-0.2, 0) is 9.59 Å². The fraction of sp³-hybridized carbons (Fsp3) is 0.400. The Bertz CT molecular complexity index is 562. The zero-order valence-corrected chi connectivity index (χ0v) is 11.9. The number of rotatable bonds is 4. The molecular weight excluding hydrogens is 268 g/mol. The van der Waals surface area contributed by atoms with E-state index < -0.39 is 0 Å². The van der Waals surface area contributed by atoms with Crippen LogP contribution in [0, 0.1) is 11.3 Å². The second kappa shape index (κ2) is 6.86. The Morgan fingerprint density at radius 3 is 2.86 bits per heavy atom. The Labute approximate surface area is 123 Å². The lowest BCUT2D eigenvalue weighted by Crippen LogP contribution is -2.54. The topological polar surface area (TPSA) is 85.2 Å². The predicted molar refractivity (Wildman–Crippen MR) is 78.4 cm³/mol. The van der Waals surface area contributed by atoms with Crippen LogP contribution in [0.4, 0.5) is 5.69 Å². The zero-order valence-electron chi connectivity index (χ0n) is 11.9. The summed E-state index contributed by atoms with van der Waals surface area (Å²) in [4.78, 5) is 25.4. The first-order chi connectivity index (χ1) is 10.1. The summed E-state index contributed by atoms with van der Waals surface area (Å²) < 4.78 is 0. The van der Waals surface area contributed by atoms with Gasteiger partial charge >= 0.3 is 0 Å². The summed E-state index contributed by atoms with van der Waals surface area (Å²) in [7, 11) is 0. The van der Waals surface area contributed by atoms with Crippen molar-refractivity contribution >= 4 is 17.5 Å². The average Bonchev–Trinajstić information content (AvgIpc) is 2.49. The Morgan fingerprint density at radius 2 is 2.19 bits per heavy atom. The van der Waals surface area contributed by atoms with E-state index in [1.807, 2.05) is 17.9 Å². The van der Waals surface area contributed by atoms with Gasteiger partial charge in [-0.05, 0) is 31.2 Å². The molecule has 6 heteroatoms. The van der Waals surface area contributed by atoms with Crippen molar-refractivity contribution in [3.8, 4) is 6.07 Å². The van der Waals surface area contributed by atoms with Gasteiger partial charge in [0.2, 0.25) is 11.8 Å². The minimum atomic E-state index is -0.193. The first-order valence-corrected chi connectivity index (χ1v) is 6.92. The second-order valence-electron chi connectivity index (χ2n) is 4.99. The van der Waals surface area contributed by atoms with Crippen molar-refractivity contribution in [1.82, 2.24) is 10.2 Å². The van der Waals surface area contributed by atoms with Gasteiger partial charge in [-0.3, -0.25) is 14.5 Å². The molecule has 1 heterocycles. The molecule has 2 rings (SSSR count). The molecule has 0 aliphatic carbocycles. The van der Waals surface area contributed by atoms with Crippen molar-refractivity contribution in [2.45, 2.75) is 19.4 Å². The van der Waals surface area contributed by atoms with Crippen molar-refractivity contribution in [3.05, 3.63) is 29.8 Å². The number of carbonyl (C=O) groups is 2. The van der Waals surface area contributed by atoms with E-state index in [9.17, 15) is 9.59 Å². The fourth-order valence-electron chi connectivity index (χ4n) is 2.23. The van der Waals surface area contributed by atoms with E-state index in [-0.39, 0.29) is 17.9 Å². The maximum Gasteiger partial charge on any atom is 0.237 e. The van der Waals surface area contributed by atoms with Crippen LogP contribution in [0.25, 0.3) is 0 Å². The SMILES string of the molecule is CC1C(=O)NCCN1CCC(=O)Nc1ccc(C#N)cc1.